The number of hydrogen-bond donors (Lipinski definition) is 1. The van der Waals surface area contributed by atoms with Gasteiger partial charge in [0.05, 0.1) is 6.54 Å². The van der Waals surface area contributed by atoms with Gasteiger partial charge in [-0.3, -0.25) is 0 Å². The Balaban J connectivity index is 1.90. The zero-order valence-electron chi connectivity index (χ0n) is 11.9. The van der Waals surface area contributed by atoms with E-state index in [2.05, 4.69) is 4.98 Å². The predicted molar refractivity (Wildman–Crippen MR) is 76.3 cm³/mol. The van der Waals surface area contributed by atoms with Gasteiger partial charge in [0.2, 0.25) is 6.33 Å². The number of ether oxygens (including phenoxy) is 1. The average Bonchev–Trinajstić information content (AvgIpc) is 2.88. The van der Waals surface area contributed by atoms with Crippen molar-refractivity contribution in [1.82, 2.24) is 9.55 Å². The molecule has 2 rings (SSSR count). The van der Waals surface area contributed by atoms with Gasteiger partial charge in [-0.05, 0) is 40.9 Å². The van der Waals surface area contributed by atoms with Crippen LogP contribution in [0.2, 0.25) is 0 Å². The minimum atomic E-state index is -0.779. The molecule has 112 valence electrons. The summed E-state index contributed by atoms with van der Waals surface area (Å²) < 4.78 is 7.06. The van der Waals surface area contributed by atoms with Crippen molar-refractivity contribution in [2.75, 3.05) is 6.61 Å². The Hall–Kier alpha value is -2.41. The fraction of sp³-hybridized carbons (Fsp3) is 0.357. The molecule has 1 aromatic heterocycles. The summed E-state index contributed by atoms with van der Waals surface area (Å²) in [4.78, 5) is 13.6. The van der Waals surface area contributed by atoms with Crippen LogP contribution in [0.25, 0.3) is 0 Å². The van der Waals surface area contributed by atoms with Gasteiger partial charge in [0.15, 0.2) is 0 Å². The molecule has 1 heterocycles. The first-order valence-corrected chi connectivity index (χ1v) is 6.50. The molecular weight excluding hydrogens is 274 g/mol. The zero-order valence-corrected chi connectivity index (χ0v) is 11.9. The quantitative estimate of drug-likeness (QED) is 0.648. The number of benzene rings is 1. The van der Waals surface area contributed by atoms with E-state index in [0.29, 0.717) is 0 Å². The van der Waals surface area contributed by atoms with E-state index in [9.17, 15) is 15.2 Å². The molecule has 0 aliphatic carbocycles. The van der Waals surface area contributed by atoms with E-state index in [1.807, 2.05) is 32.0 Å². The summed E-state index contributed by atoms with van der Waals surface area (Å²) in [6.45, 7) is 4.19. The van der Waals surface area contributed by atoms with Crippen LogP contribution in [0.1, 0.15) is 11.1 Å². The maximum Gasteiger partial charge on any atom is 0.381 e. The smallest absolute Gasteiger partial charge is 0.381 e. The van der Waals surface area contributed by atoms with E-state index >= 15 is 0 Å². The van der Waals surface area contributed by atoms with Crippen molar-refractivity contribution in [3.63, 3.8) is 0 Å². The lowest BCUT2D eigenvalue weighted by Gasteiger charge is -2.14. The van der Waals surface area contributed by atoms with Crippen LogP contribution >= 0.6 is 0 Å². The van der Waals surface area contributed by atoms with Crippen molar-refractivity contribution < 1.29 is 14.8 Å². The monoisotopic (exact) mass is 291 g/mol. The van der Waals surface area contributed by atoms with E-state index in [1.54, 1.807) is 0 Å². The molecule has 0 aliphatic heterocycles. The van der Waals surface area contributed by atoms with Crippen molar-refractivity contribution in [3.05, 3.63) is 52.0 Å². The van der Waals surface area contributed by atoms with Crippen LogP contribution < -0.4 is 4.74 Å². The second kappa shape index (κ2) is 6.36. The Kier molecular flexibility index (Phi) is 4.54. The summed E-state index contributed by atoms with van der Waals surface area (Å²) >= 11 is 0. The lowest BCUT2D eigenvalue weighted by molar-refractivity contribution is -0.389. The van der Waals surface area contributed by atoms with Crippen molar-refractivity contribution >= 4 is 5.82 Å². The largest absolute Gasteiger partial charge is 0.491 e. The molecule has 0 saturated carbocycles. The molecule has 1 atom stereocenters. The molecule has 21 heavy (non-hydrogen) atoms. The van der Waals surface area contributed by atoms with Crippen LogP contribution in [-0.4, -0.2) is 32.3 Å². The molecule has 0 saturated heterocycles. The molecule has 1 N–H and O–H groups in total. The Bertz CT molecular complexity index is 639. The minimum Gasteiger partial charge on any atom is -0.491 e. The highest BCUT2D eigenvalue weighted by atomic mass is 16.6. The summed E-state index contributed by atoms with van der Waals surface area (Å²) in [5.41, 5.74) is 2.07. The number of nitro groups is 1. The Morgan fingerprint density at radius 3 is 2.90 bits per heavy atom. The van der Waals surface area contributed by atoms with Gasteiger partial charge in [-0.1, -0.05) is 12.1 Å². The molecule has 0 spiro atoms. The number of aryl methyl sites for hydroxylation is 2. The average molecular weight is 291 g/mol. The normalized spacial score (nSPS) is 12.1. The number of aromatic nitrogens is 2. The number of imidazole rings is 1. The number of aliphatic hydroxyl groups excluding tert-OH is 1. The van der Waals surface area contributed by atoms with Gasteiger partial charge < -0.3 is 24.5 Å². The third kappa shape index (κ3) is 4.03. The van der Waals surface area contributed by atoms with Gasteiger partial charge in [0.25, 0.3) is 0 Å². The van der Waals surface area contributed by atoms with Gasteiger partial charge in [-0.25, -0.2) is 0 Å². The Morgan fingerprint density at radius 1 is 1.48 bits per heavy atom. The van der Waals surface area contributed by atoms with Crippen LogP contribution in [0, 0.1) is 24.0 Å². The van der Waals surface area contributed by atoms with Crippen LogP contribution in [-0.2, 0) is 6.54 Å². The molecule has 0 fully saturated rings. The van der Waals surface area contributed by atoms with Crippen LogP contribution in [0.3, 0.4) is 0 Å². The second-order valence-electron chi connectivity index (χ2n) is 4.92. The summed E-state index contributed by atoms with van der Waals surface area (Å²) in [6, 6.07) is 5.85. The molecule has 0 aliphatic rings. The first-order valence-electron chi connectivity index (χ1n) is 6.50. The molecule has 1 unspecified atom stereocenters. The predicted octanol–water partition coefficient (Wildman–Crippen LogP) is 1.85. The van der Waals surface area contributed by atoms with Gasteiger partial charge in [-0.15, -0.1) is 0 Å². The third-order valence-corrected chi connectivity index (χ3v) is 3.00. The minimum absolute atomic E-state index is 0.107. The standard InChI is InChI=1S/C14H17N3O4/c1-10-3-4-11(2)13(5-10)21-8-12(18)6-16-7-14(15-9-16)17(19)20/h3-5,7,9,12,18H,6,8H2,1-2H3. The van der Waals surface area contributed by atoms with Gasteiger partial charge in [0, 0.05) is 0 Å². The summed E-state index contributed by atoms with van der Waals surface area (Å²) in [6.07, 6.45) is 1.82. The molecule has 7 nitrogen and oxygen atoms in total. The number of aliphatic hydroxyl groups is 1. The maximum absolute atomic E-state index is 10.5. The topological polar surface area (TPSA) is 90.4 Å². The first-order chi connectivity index (χ1) is 9.95. The van der Waals surface area contributed by atoms with Crippen LogP contribution in [0.5, 0.6) is 5.75 Å². The van der Waals surface area contributed by atoms with E-state index in [-0.39, 0.29) is 19.0 Å². The lowest BCUT2D eigenvalue weighted by Crippen LogP contribution is -2.23. The van der Waals surface area contributed by atoms with Crippen LogP contribution in [0.4, 0.5) is 5.82 Å². The third-order valence-electron chi connectivity index (χ3n) is 3.00. The highest BCUT2D eigenvalue weighted by Crippen LogP contribution is 2.19. The highest BCUT2D eigenvalue weighted by molar-refractivity contribution is 5.35. The molecule has 2 aromatic rings. The maximum atomic E-state index is 10.5. The van der Waals surface area contributed by atoms with Crippen molar-refractivity contribution in [3.8, 4) is 5.75 Å². The zero-order chi connectivity index (χ0) is 15.4. The highest BCUT2D eigenvalue weighted by Gasteiger charge is 2.13. The number of nitrogens with zero attached hydrogens (tertiary/aromatic N) is 3. The molecular formula is C14H17N3O4. The van der Waals surface area contributed by atoms with Gasteiger partial charge in [-0.2, -0.15) is 0 Å². The van der Waals surface area contributed by atoms with Crippen LogP contribution in [0.15, 0.2) is 30.7 Å². The van der Waals surface area contributed by atoms with E-state index in [1.165, 1.54) is 17.1 Å². The van der Waals surface area contributed by atoms with E-state index in [4.69, 9.17) is 4.74 Å². The second-order valence-corrected chi connectivity index (χ2v) is 4.92. The molecule has 1 aromatic carbocycles. The fourth-order valence-electron chi connectivity index (χ4n) is 1.89. The lowest BCUT2D eigenvalue weighted by atomic mass is 10.1. The summed E-state index contributed by atoms with van der Waals surface area (Å²) in [5.74, 6) is 0.489. The number of rotatable bonds is 6. The van der Waals surface area contributed by atoms with Crippen molar-refractivity contribution in [2.24, 2.45) is 0 Å². The molecule has 7 heteroatoms. The Morgan fingerprint density at radius 2 is 2.24 bits per heavy atom. The first kappa shape index (κ1) is 15.0. The van der Waals surface area contributed by atoms with E-state index < -0.39 is 11.0 Å². The number of hydrogen-bond acceptors (Lipinski definition) is 5. The SMILES string of the molecule is Cc1ccc(C)c(OCC(O)Cn2cnc([N+](=O)[O-])c2)c1. The molecule has 0 radical (unpaired) electrons. The van der Waals surface area contributed by atoms with E-state index in [0.717, 1.165) is 16.9 Å². The van der Waals surface area contributed by atoms with Crippen molar-refractivity contribution in [2.45, 2.75) is 26.5 Å². The molecule has 0 bridgehead atoms. The molecule has 0 amide bonds. The van der Waals surface area contributed by atoms with Gasteiger partial charge in [0.1, 0.15) is 24.7 Å². The summed E-state index contributed by atoms with van der Waals surface area (Å²) in [5, 5.41) is 20.5. The van der Waals surface area contributed by atoms with Crippen molar-refractivity contribution in [1.29, 1.82) is 0 Å². The van der Waals surface area contributed by atoms with Gasteiger partial charge >= 0.3 is 5.82 Å². The summed E-state index contributed by atoms with van der Waals surface area (Å²) in [7, 11) is 0. The fourth-order valence-corrected chi connectivity index (χ4v) is 1.89. The Labute approximate surface area is 122 Å².